The Hall–Kier alpha value is -2.29. The monoisotopic (exact) mass is 300 g/mol. The Bertz CT molecular complexity index is 569. The van der Waals surface area contributed by atoms with E-state index in [1.54, 1.807) is 18.2 Å². The van der Waals surface area contributed by atoms with Crippen molar-refractivity contribution in [2.24, 2.45) is 5.41 Å². The van der Waals surface area contributed by atoms with Gasteiger partial charge in [0, 0.05) is 11.0 Å². The van der Waals surface area contributed by atoms with Gasteiger partial charge in [0.15, 0.2) is 0 Å². The number of carboxylic acids is 1. The summed E-state index contributed by atoms with van der Waals surface area (Å²) in [5.41, 5.74) is 0.845. The Morgan fingerprint density at radius 2 is 2.14 bits per heavy atom. The van der Waals surface area contributed by atoms with Crippen molar-refractivity contribution in [2.45, 2.75) is 27.2 Å². The molecule has 0 aromatic heterocycles. The molecule has 1 aliphatic rings. The topological polar surface area (TPSA) is 46.5 Å². The first-order chi connectivity index (χ1) is 10.4. The van der Waals surface area contributed by atoms with E-state index in [9.17, 15) is 9.90 Å². The second kappa shape index (κ2) is 8.23. The summed E-state index contributed by atoms with van der Waals surface area (Å²) in [6.45, 7) is 9.94. The van der Waals surface area contributed by atoms with E-state index in [1.807, 2.05) is 25.2 Å². The Morgan fingerprint density at radius 3 is 2.73 bits per heavy atom. The van der Waals surface area contributed by atoms with E-state index in [2.05, 4.69) is 32.6 Å². The SMILES string of the molecule is C=C/C=C(COC1=CC=CC(C)(C)C=C1)\C(=C/CC)C(=O)O. The minimum atomic E-state index is -0.954. The molecule has 118 valence electrons. The van der Waals surface area contributed by atoms with Crippen molar-refractivity contribution in [3.63, 3.8) is 0 Å². The van der Waals surface area contributed by atoms with E-state index in [4.69, 9.17) is 4.74 Å². The molecule has 0 spiro atoms. The third-order valence-electron chi connectivity index (χ3n) is 3.16. The minimum absolute atomic E-state index is 0.0181. The number of carboxylic acid groups (broad SMARTS) is 1. The first-order valence-electron chi connectivity index (χ1n) is 7.36. The average molecular weight is 300 g/mol. The Morgan fingerprint density at radius 1 is 1.41 bits per heavy atom. The Balaban J connectivity index is 2.87. The van der Waals surface area contributed by atoms with E-state index < -0.39 is 5.97 Å². The standard InChI is InChI=1S/C19H24O3/c1-5-8-15(17(9-6-2)18(20)21)14-22-16-10-7-12-19(3,4)13-11-16/h5,7-13H,1,6,14H2,2-4H3,(H,20,21)/b15-8-,17-9+. The summed E-state index contributed by atoms with van der Waals surface area (Å²) < 4.78 is 5.75. The lowest BCUT2D eigenvalue weighted by Crippen LogP contribution is -2.09. The van der Waals surface area contributed by atoms with Crippen LogP contribution >= 0.6 is 0 Å². The van der Waals surface area contributed by atoms with Crippen LogP contribution in [0.4, 0.5) is 0 Å². The number of allylic oxidation sites excluding steroid dienone is 8. The van der Waals surface area contributed by atoms with Crippen LogP contribution < -0.4 is 0 Å². The van der Waals surface area contributed by atoms with Crippen molar-refractivity contribution < 1.29 is 14.6 Å². The summed E-state index contributed by atoms with van der Waals surface area (Å²) in [6.07, 6.45) is 15.5. The van der Waals surface area contributed by atoms with Crippen molar-refractivity contribution in [2.75, 3.05) is 6.61 Å². The number of hydrogen-bond acceptors (Lipinski definition) is 2. The first kappa shape index (κ1) is 17.8. The highest BCUT2D eigenvalue weighted by Crippen LogP contribution is 2.23. The van der Waals surface area contributed by atoms with Crippen LogP contribution in [0.25, 0.3) is 0 Å². The molecule has 0 radical (unpaired) electrons. The van der Waals surface area contributed by atoms with Gasteiger partial charge in [-0.15, -0.1) is 0 Å². The number of ether oxygens (including phenoxy) is 1. The summed E-state index contributed by atoms with van der Waals surface area (Å²) in [6, 6.07) is 0. The molecule has 3 heteroatoms. The zero-order chi connectivity index (χ0) is 16.6. The Kier molecular flexibility index (Phi) is 6.64. The van der Waals surface area contributed by atoms with Crippen LogP contribution in [-0.2, 0) is 9.53 Å². The maximum atomic E-state index is 11.4. The molecular formula is C19H24O3. The van der Waals surface area contributed by atoms with Gasteiger partial charge in [0.05, 0.1) is 5.57 Å². The lowest BCUT2D eigenvalue weighted by atomic mass is 9.93. The van der Waals surface area contributed by atoms with Crippen LogP contribution in [0.3, 0.4) is 0 Å². The third-order valence-corrected chi connectivity index (χ3v) is 3.16. The summed E-state index contributed by atoms with van der Waals surface area (Å²) in [5, 5.41) is 9.31. The average Bonchev–Trinajstić information content (AvgIpc) is 2.62. The van der Waals surface area contributed by atoms with Crippen molar-refractivity contribution >= 4 is 5.97 Å². The van der Waals surface area contributed by atoms with Crippen LogP contribution in [0.1, 0.15) is 27.2 Å². The van der Waals surface area contributed by atoms with Gasteiger partial charge in [-0.3, -0.25) is 0 Å². The highest BCUT2D eigenvalue weighted by Gasteiger charge is 2.14. The first-order valence-corrected chi connectivity index (χ1v) is 7.36. The normalized spacial score (nSPS) is 17.7. The number of hydrogen-bond donors (Lipinski definition) is 1. The van der Waals surface area contributed by atoms with Gasteiger partial charge in [0.2, 0.25) is 0 Å². The highest BCUT2D eigenvalue weighted by atomic mass is 16.5. The van der Waals surface area contributed by atoms with E-state index in [1.165, 1.54) is 0 Å². The second-order valence-corrected chi connectivity index (χ2v) is 5.63. The fraction of sp³-hybridized carbons (Fsp3) is 0.316. The van der Waals surface area contributed by atoms with Gasteiger partial charge in [-0.2, -0.15) is 0 Å². The molecule has 0 atom stereocenters. The lowest BCUT2D eigenvalue weighted by molar-refractivity contribution is -0.132. The third kappa shape index (κ3) is 5.60. The zero-order valence-electron chi connectivity index (χ0n) is 13.5. The van der Waals surface area contributed by atoms with Crippen LogP contribution in [0.15, 0.2) is 72.1 Å². The van der Waals surface area contributed by atoms with Gasteiger partial charge in [0.1, 0.15) is 12.4 Å². The van der Waals surface area contributed by atoms with Gasteiger partial charge < -0.3 is 9.84 Å². The minimum Gasteiger partial charge on any atom is -0.489 e. The molecule has 0 bridgehead atoms. The molecule has 0 aromatic rings. The molecule has 22 heavy (non-hydrogen) atoms. The van der Waals surface area contributed by atoms with E-state index in [-0.39, 0.29) is 17.6 Å². The number of carbonyl (C=O) groups is 1. The summed E-state index contributed by atoms with van der Waals surface area (Å²) in [5.74, 6) is -0.247. The summed E-state index contributed by atoms with van der Waals surface area (Å²) in [4.78, 5) is 11.4. The molecule has 0 unspecified atom stereocenters. The van der Waals surface area contributed by atoms with Crippen LogP contribution in [-0.4, -0.2) is 17.7 Å². The largest absolute Gasteiger partial charge is 0.489 e. The molecule has 1 aliphatic carbocycles. The van der Waals surface area contributed by atoms with E-state index in [0.717, 1.165) is 0 Å². The summed E-state index contributed by atoms with van der Waals surface area (Å²) in [7, 11) is 0. The molecule has 1 rings (SSSR count). The highest BCUT2D eigenvalue weighted by molar-refractivity contribution is 5.91. The van der Waals surface area contributed by atoms with Gasteiger partial charge in [-0.25, -0.2) is 4.79 Å². The van der Waals surface area contributed by atoms with Crippen LogP contribution in [0.5, 0.6) is 0 Å². The predicted molar refractivity (Wildman–Crippen MR) is 90.4 cm³/mol. The zero-order valence-corrected chi connectivity index (χ0v) is 13.5. The van der Waals surface area contributed by atoms with Gasteiger partial charge in [-0.1, -0.05) is 63.8 Å². The molecule has 3 nitrogen and oxygen atoms in total. The lowest BCUT2D eigenvalue weighted by Gasteiger charge is -2.13. The van der Waals surface area contributed by atoms with E-state index in [0.29, 0.717) is 17.8 Å². The van der Waals surface area contributed by atoms with Crippen molar-refractivity contribution in [3.8, 4) is 0 Å². The molecule has 0 aliphatic heterocycles. The molecule has 0 aromatic carbocycles. The number of rotatable bonds is 7. The Labute approximate surface area is 132 Å². The predicted octanol–water partition coefficient (Wildman–Crippen LogP) is 4.57. The second-order valence-electron chi connectivity index (χ2n) is 5.63. The quantitative estimate of drug-likeness (QED) is 0.553. The van der Waals surface area contributed by atoms with Crippen LogP contribution in [0, 0.1) is 5.41 Å². The fourth-order valence-electron chi connectivity index (χ4n) is 1.97. The van der Waals surface area contributed by atoms with Crippen LogP contribution in [0.2, 0.25) is 0 Å². The fourth-order valence-corrected chi connectivity index (χ4v) is 1.97. The smallest absolute Gasteiger partial charge is 0.335 e. The molecule has 0 saturated heterocycles. The molecule has 0 heterocycles. The molecule has 0 amide bonds. The number of aliphatic carboxylic acids is 1. The summed E-state index contributed by atoms with van der Waals surface area (Å²) >= 11 is 0. The molecular weight excluding hydrogens is 276 g/mol. The maximum Gasteiger partial charge on any atom is 0.335 e. The molecule has 0 saturated carbocycles. The van der Waals surface area contributed by atoms with Crippen molar-refractivity contribution in [1.29, 1.82) is 0 Å². The van der Waals surface area contributed by atoms with Crippen molar-refractivity contribution in [1.82, 2.24) is 0 Å². The molecule has 0 fully saturated rings. The van der Waals surface area contributed by atoms with Gasteiger partial charge >= 0.3 is 5.97 Å². The van der Waals surface area contributed by atoms with Gasteiger partial charge in [0.25, 0.3) is 0 Å². The van der Waals surface area contributed by atoms with E-state index >= 15 is 0 Å². The maximum absolute atomic E-state index is 11.4. The van der Waals surface area contributed by atoms with Crippen molar-refractivity contribution in [3.05, 3.63) is 72.1 Å². The molecule has 1 N–H and O–H groups in total. The van der Waals surface area contributed by atoms with Gasteiger partial charge in [-0.05, 0) is 18.6 Å².